The van der Waals surface area contributed by atoms with Gasteiger partial charge in [-0.3, -0.25) is 0 Å². The number of rotatable bonds is 9. The molecule has 0 atom stereocenters. The molecule has 6 nitrogen and oxygen atoms in total. The fourth-order valence-corrected chi connectivity index (χ4v) is 2.70. The van der Waals surface area contributed by atoms with Crippen molar-refractivity contribution in [3.63, 3.8) is 0 Å². The van der Waals surface area contributed by atoms with Crippen LogP contribution in [0.2, 0.25) is 0 Å². The third-order valence-corrected chi connectivity index (χ3v) is 3.85. The first kappa shape index (κ1) is 20.6. The van der Waals surface area contributed by atoms with Crippen LogP contribution in [0.5, 0.6) is 11.5 Å². The average Bonchev–Trinajstić information content (AvgIpc) is 2.63. The lowest BCUT2D eigenvalue weighted by molar-refractivity contribution is 0.332. The molecular formula is C21H30N4O2. The number of nitrogens with one attached hydrogen (secondary N) is 1. The molecule has 0 radical (unpaired) electrons. The minimum atomic E-state index is 0.337. The van der Waals surface area contributed by atoms with E-state index in [0.29, 0.717) is 31.5 Å². The summed E-state index contributed by atoms with van der Waals surface area (Å²) in [6.45, 7) is 6.43. The van der Waals surface area contributed by atoms with Crippen molar-refractivity contribution >= 4 is 11.6 Å². The van der Waals surface area contributed by atoms with Gasteiger partial charge in [0.1, 0.15) is 11.5 Å². The van der Waals surface area contributed by atoms with Crippen molar-refractivity contribution in [2.75, 3.05) is 32.6 Å². The molecule has 0 aliphatic rings. The fourth-order valence-electron chi connectivity index (χ4n) is 2.70. The summed E-state index contributed by atoms with van der Waals surface area (Å²) >= 11 is 0. The Morgan fingerprint density at radius 1 is 1.04 bits per heavy atom. The van der Waals surface area contributed by atoms with Crippen LogP contribution < -0.4 is 20.5 Å². The number of nitrogens with two attached hydrogens (primary N) is 1. The molecule has 0 amide bonds. The molecule has 0 bridgehead atoms. The van der Waals surface area contributed by atoms with Crippen LogP contribution >= 0.6 is 0 Å². The fraction of sp³-hybridized carbons (Fsp3) is 0.381. The van der Waals surface area contributed by atoms with Crippen molar-refractivity contribution in [2.24, 2.45) is 10.7 Å². The zero-order chi connectivity index (χ0) is 19.6. The highest BCUT2D eigenvalue weighted by atomic mass is 16.5. The largest absolute Gasteiger partial charge is 0.494 e. The Labute approximate surface area is 162 Å². The molecule has 146 valence electrons. The van der Waals surface area contributed by atoms with Crippen LogP contribution in [-0.4, -0.2) is 38.2 Å². The van der Waals surface area contributed by atoms with Gasteiger partial charge in [0.05, 0.1) is 25.4 Å². The average molecular weight is 370 g/mol. The maximum atomic E-state index is 6.13. The lowest BCUT2D eigenvalue weighted by atomic mass is 10.1. The highest BCUT2D eigenvalue weighted by molar-refractivity contribution is 5.94. The summed E-state index contributed by atoms with van der Waals surface area (Å²) in [6.07, 6.45) is 0. The van der Waals surface area contributed by atoms with Crippen LogP contribution in [0.3, 0.4) is 0 Å². The summed E-state index contributed by atoms with van der Waals surface area (Å²) in [4.78, 5) is 6.64. The third kappa shape index (κ3) is 6.49. The van der Waals surface area contributed by atoms with E-state index in [4.69, 9.17) is 15.2 Å². The normalized spacial score (nSPS) is 11.5. The van der Waals surface area contributed by atoms with Gasteiger partial charge >= 0.3 is 0 Å². The maximum absolute atomic E-state index is 6.13. The number of benzene rings is 2. The molecule has 6 heteroatoms. The van der Waals surface area contributed by atoms with Gasteiger partial charge in [0, 0.05) is 12.6 Å². The van der Waals surface area contributed by atoms with E-state index in [1.165, 1.54) is 5.56 Å². The molecule has 0 heterocycles. The predicted octanol–water partition coefficient (Wildman–Crippen LogP) is 3.47. The van der Waals surface area contributed by atoms with E-state index < -0.39 is 0 Å². The minimum absolute atomic E-state index is 0.337. The molecular weight excluding hydrogens is 340 g/mol. The Balaban J connectivity index is 2.14. The van der Waals surface area contributed by atoms with E-state index in [1.807, 2.05) is 44.2 Å². The van der Waals surface area contributed by atoms with Crippen LogP contribution in [0.1, 0.15) is 25.0 Å². The first-order valence-electron chi connectivity index (χ1n) is 9.21. The van der Waals surface area contributed by atoms with Crippen molar-refractivity contribution in [2.45, 2.75) is 26.9 Å². The summed E-state index contributed by atoms with van der Waals surface area (Å²) < 4.78 is 11.2. The van der Waals surface area contributed by atoms with Crippen molar-refractivity contribution in [3.05, 3.63) is 53.6 Å². The summed E-state index contributed by atoms with van der Waals surface area (Å²) in [5.74, 6) is 1.81. The second-order valence-electron chi connectivity index (χ2n) is 6.36. The molecule has 2 aromatic carbocycles. The second kappa shape index (κ2) is 10.4. The standard InChI is InChI=1S/C21H30N4O2/c1-5-26-18-11-12-20(27-6-2)19(13-18)24-21(22)23-14-16-9-7-8-10-17(16)15-25(3)4/h7-13H,5-6,14-15H2,1-4H3,(H3,22,23,24). The molecule has 0 aromatic heterocycles. The Kier molecular flexibility index (Phi) is 7.95. The van der Waals surface area contributed by atoms with Crippen molar-refractivity contribution in [3.8, 4) is 11.5 Å². The molecule has 2 rings (SSSR count). The van der Waals surface area contributed by atoms with Crippen molar-refractivity contribution in [1.29, 1.82) is 0 Å². The van der Waals surface area contributed by atoms with Gasteiger partial charge < -0.3 is 25.4 Å². The second-order valence-corrected chi connectivity index (χ2v) is 6.36. The molecule has 2 aromatic rings. The topological polar surface area (TPSA) is 72.1 Å². The first-order chi connectivity index (χ1) is 13.0. The van der Waals surface area contributed by atoms with Gasteiger partial charge in [-0.05, 0) is 51.2 Å². The number of hydrogen-bond acceptors (Lipinski definition) is 4. The zero-order valence-electron chi connectivity index (χ0n) is 16.7. The molecule has 0 spiro atoms. The van der Waals surface area contributed by atoms with Gasteiger partial charge in [0.2, 0.25) is 0 Å². The van der Waals surface area contributed by atoms with Gasteiger partial charge in [0.25, 0.3) is 0 Å². The summed E-state index contributed by atoms with van der Waals surface area (Å²) in [5.41, 5.74) is 9.27. The number of ether oxygens (including phenoxy) is 2. The maximum Gasteiger partial charge on any atom is 0.193 e. The van der Waals surface area contributed by atoms with Gasteiger partial charge in [-0.2, -0.15) is 0 Å². The van der Waals surface area contributed by atoms with Gasteiger partial charge in [-0.1, -0.05) is 24.3 Å². The smallest absolute Gasteiger partial charge is 0.193 e. The molecule has 3 N–H and O–H groups in total. The Morgan fingerprint density at radius 2 is 1.74 bits per heavy atom. The highest BCUT2D eigenvalue weighted by Crippen LogP contribution is 2.29. The predicted molar refractivity (Wildman–Crippen MR) is 112 cm³/mol. The Bertz CT molecular complexity index is 760. The molecule has 0 saturated carbocycles. The van der Waals surface area contributed by atoms with E-state index in [-0.39, 0.29) is 0 Å². The van der Waals surface area contributed by atoms with Crippen molar-refractivity contribution < 1.29 is 9.47 Å². The van der Waals surface area contributed by atoms with Crippen LogP contribution in [0.25, 0.3) is 0 Å². The lowest BCUT2D eigenvalue weighted by Crippen LogP contribution is -2.23. The summed E-state index contributed by atoms with van der Waals surface area (Å²) in [7, 11) is 4.10. The van der Waals surface area contributed by atoms with Gasteiger partial charge in [-0.25, -0.2) is 4.99 Å². The molecule has 0 aliphatic heterocycles. The van der Waals surface area contributed by atoms with E-state index in [9.17, 15) is 0 Å². The Morgan fingerprint density at radius 3 is 2.41 bits per heavy atom. The lowest BCUT2D eigenvalue weighted by Gasteiger charge is -2.15. The van der Waals surface area contributed by atoms with Crippen LogP contribution in [0, 0.1) is 0 Å². The van der Waals surface area contributed by atoms with Crippen molar-refractivity contribution in [1.82, 2.24) is 4.90 Å². The summed E-state index contributed by atoms with van der Waals surface area (Å²) in [5, 5.41) is 3.14. The number of nitrogens with zero attached hydrogens (tertiary/aromatic N) is 2. The highest BCUT2D eigenvalue weighted by Gasteiger charge is 2.08. The molecule has 27 heavy (non-hydrogen) atoms. The van der Waals surface area contributed by atoms with E-state index in [2.05, 4.69) is 41.4 Å². The van der Waals surface area contributed by atoms with Crippen LogP contribution in [-0.2, 0) is 13.1 Å². The van der Waals surface area contributed by atoms with Gasteiger partial charge in [0.15, 0.2) is 5.96 Å². The minimum Gasteiger partial charge on any atom is -0.494 e. The van der Waals surface area contributed by atoms with Crippen LogP contribution in [0.4, 0.5) is 5.69 Å². The molecule has 0 saturated heterocycles. The monoisotopic (exact) mass is 370 g/mol. The first-order valence-corrected chi connectivity index (χ1v) is 9.21. The number of hydrogen-bond donors (Lipinski definition) is 2. The number of anilines is 1. The van der Waals surface area contributed by atoms with E-state index in [0.717, 1.165) is 23.5 Å². The molecule has 0 unspecified atom stereocenters. The number of guanidine groups is 1. The van der Waals surface area contributed by atoms with E-state index in [1.54, 1.807) is 0 Å². The zero-order valence-corrected chi connectivity index (χ0v) is 16.7. The van der Waals surface area contributed by atoms with Crippen LogP contribution in [0.15, 0.2) is 47.5 Å². The molecule has 0 fully saturated rings. The Hall–Kier alpha value is -2.73. The number of aliphatic imine (C=N–C) groups is 1. The third-order valence-electron chi connectivity index (χ3n) is 3.85. The summed E-state index contributed by atoms with van der Waals surface area (Å²) in [6, 6.07) is 13.9. The molecule has 0 aliphatic carbocycles. The van der Waals surface area contributed by atoms with E-state index >= 15 is 0 Å². The SMILES string of the molecule is CCOc1ccc(OCC)c(NC(N)=NCc2ccccc2CN(C)C)c1. The quantitative estimate of drug-likeness (QED) is 0.522. The van der Waals surface area contributed by atoms with Gasteiger partial charge in [-0.15, -0.1) is 0 Å².